The topological polar surface area (TPSA) is 24.4 Å². The molecule has 0 fully saturated rings. The van der Waals surface area contributed by atoms with E-state index in [2.05, 4.69) is 109 Å². The minimum Gasteiger partial charge on any atom is -0.366 e. The van der Waals surface area contributed by atoms with E-state index < -0.39 is 0 Å². The van der Waals surface area contributed by atoms with E-state index in [-0.39, 0.29) is 6.17 Å². The van der Waals surface area contributed by atoms with Crippen molar-refractivity contribution in [2.75, 3.05) is 0 Å². The Balaban J connectivity index is 1.68. The Kier molecular flexibility index (Phi) is 4.92. The van der Waals surface area contributed by atoms with Gasteiger partial charge < -0.3 is 5.32 Å². The maximum absolute atomic E-state index is 4.74. The van der Waals surface area contributed by atoms with Gasteiger partial charge in [0.2, 0.25) is 0 Å². The van der Waals surface area contributed by atoms with Gasteiger partial charge in [0.25, 0.3) is 0 Å². The van der Waals surface area contributed by atoms with Crippen LogP contribution in [0.5, 0.6) is 0 Å². The van der Waals surface area contributed by atoms with Crippen LogP contribution in [0.3, 0.4) is 0 Å². The number of hydrogen-bond donors (Lipinski definition) is 1. The first-order valence-corrected chi connectivity index (χ1v) is 11.6. The monoisotopic (exact) mass is 426 g/mol. The van der Waals surface area contributed by atoms with Crippen molar-refractivity contribution in [1.29, 1.82) is 0 Å². The smallest absolute Gasteiger partial charge is 0.144 e. The molecule has 2 nitrogen and oxygen atoms in total. The zero-order chi connectivity index (χ0) is 22.2. The molecule has 2 aliphatic rings. The van der Waals surface area contributed by atoms with E-state index in [1.165, 1.54) is 43.8 Å². The number of rotatable bonds is 3. The lowest BCUT2D eigenvalue weighted by Crippen LogP contribution is -2.17. The van der Waals surface area contributed by atoms with E-state index in [9.17, 15) is 0 Å². The van der Waals surface area contributed by atoms with Gasteiger partial charge in [-0.15, -0.1) is 0 Å². The SMILES string of the molecule is CC1=CNC(c2ccc3c(C4C=CC=CC4)c4ccccc4c(-c4ccccc4)c3c2)N=C1. The summed E-state index contributed by atoms with van der Waals surface area (Å²) in [5.41, 5.74) is 6.29. The highest BCUT2D eigenvalue weighted by Gasteiger charge is 2.21. The van der Waals surface area contributed by atoms with Crippen LogP contribution in [0.25, 0.3) is 32.7 Å². The third kappa shape index (κ3) is 3.48. The van der Waals surface area contributed by atoms with Crippen LogP contribution in [0, 0.1) is 0 Å². The van der Waals surface area contributed by atoms with Crippen LogP contribution >= 0.6 is 0 Å². The molecule has 33 heavy (non-hydrogen) atoms. The molecule has 1 N–H and O–H groups in total. The van der Waals surface area contributed by atoms with Gasteiger partial charge >= 0.3 is 0 Å². The lowest BCUT2D eigenvalue weighted by molar-refractivity contribution is 0.649. The molecule has 4 aromatic carbocycles. The zero-order valence-corrected chi connectivity index (χ0v) is 18.7. The summed E-state index contributed by atoms with van der Waals surface area (Å²) in [4.78, 5) is 4.74. The Morgan fingerprint density at radius 1 is 0.818 bits per heavy atom. The molecule has 1 aliphatic carbocycles. The van der Waals surface area contributed by atoms with Crippen molar-refractivity contribution in [3.05, 3.63) is 120 Å². The molecule has 1 heterocycles. The minimum absolute atomic E-state index is 0.0610. The van der Waals surface area contributed by atoms with Crippen LogP contribution in [0.15, 0.2) is 114 Å². The first-order chi connectivity index (χ1) is 16.3. The van der Waals surface area contributed by atoms with E-state index in [4.69, 9.17) is 4.99 Å². The minimum atomic E-state index is -0.0610. The van der Waals surface area contributed by atoms with Crippen LogP contribution in [0.2, 0.25) is 0 Å². The molecular weight excluding hydrogens is 400 g/mol. The Labute approximate surface area is 194 Å². The molecule has 2 atom stereocenters. The lowest BCUT2D eigenvalue weighted by atomic mass is 9.81. The first-order valence-electron chi connectivity index (χ1n) is 11.6. The van der Waals surface area contributed by atoms with Gasteiger partial charge in [0.1, 0.15) is 6.17 Å². The number of nitrogens with one attached hydrogen (secondary N) is 1. The summed E-state index contributed by atoms with van der Waals surface area (Å²) in [5.74, 6) is 0.370. The van der Waals surface area contributed by atoms with Crippen LogP contribution in [0.1, 0.15) is 36.6 Å². The molecular formula is C31H26N2. The van der Waals surface area contributed by atoms with Crippen molar-refractivity contribution in [2.45, 2.75) is 25.4 Å². The van der Waals surface area contributed by atoms with Gasteiger partial charge in [-0.3, -0.25) is 4.99 Å². The first kappa shape index (κ1) is 19.8. The summed E-state index contributed by atoms with van der Waals surface area (Å²) in [7, 11) is 0. The third-order valence-corrected chi connectivity index (χ3v) is 6.72. The van der Waals surface area contributed by atoms with Crippen molar-refractivity contribution >= 4 is 27.8 Å². The number of fused-ring (bicyclic) bond motifs is 2. The molecule has 4 aromatic rings. The van der Waals surface area contributed by atoms with Crippen LogP contribution < -0.4 is 5.32 Å². The molecule has 160 valence electrons. The second-order valence-electron chi connectivity index (χ2n) is 8.90. The molecule has 2 unspecified atom stereocenters. The van der Waals surface area contributed by atoms with Gasteiger partial charge in [-0.1, -0.05) is 91.0 Å². The molecule has 0 amide bonds. The second kappa shape index (κ2) is 8.22. The van der Waals surface area contributed by atoms with E-state index in [0.29, 0.717) is 5.92 Å². The molecule has 2 heteroatoms. The number of allylic oxidation sites excluding steroid dienone is 5. The Bertz CT molecular complexity index is 1470. The summed E-state index contributed by atoms with van der Waals surface area (Å²) < 4.78 is 0. The predicted molar refractivity (Wildman–Crippen MR) is 141 cm³/mol. The molecule has 0 aromatic heterocycles. The van der Waals surface area contributed by atoms with Crippen molar-refractivity contribution in [3.63, 3.8) is 0 Å². The highest BCUT2D eigenvalue weighted by molar-refractivity contribution is 6.15. The normalized spacial score (nSPS) is 19.6. The van der Waals surface area contributed by atoms with Crippen molar-refractivity contribution < 1.29 is 0 Å². The van der Waals surface area contributed by atoms with Crippen LogP contribution in [0.4, 0.5) is 0 Å². The third-order valence-electron chi connectivity index (χ3n) is 6.72. The number of benzene rings is 4. The fourth-order valence-corrected chi connectivity index (χ4v) is 5.17. The summed E-state index contributed by atoms with van der Waals surface area (Å²) in [5, 5.41) is 8.71. The summed E-state index contributed by atoms with van der Waals surface area (Å²) >= 11 is 0. The molecule has 1 aliphatic heterocycles. The van der Waals surface area contributed by atoms with Gasteiger partial charge in [0, 0.05) is 18.3 Å². The van der Waals surface area contributed by atoms with Crippen molar-refractivity contribution in [1.82, 2.24) is 5.32 Å². The number of aliphatic imine (C=N–C) groups is 1. The van der Waals surface area contributed by atoms with E-state index in [0.717, 1.165) is 12.0 Å². The second-order valence-corrected chi connectivity index (χ2v) is 8.90. The van der Waals surface area contributed by atoms with Gasteiger partial charge in [0.05, 0.1) is 0 Å². The van der Waals surface area contributed by atoms with Crippen molar-refractivity contribution in [3.8, 4) is 11.1 Å². The molecule has 0 saturated heterocycles. The van der Waals surface area contributed by atoms with Gasteiger partial charge in [-0.25, -0.2) is 0 Å². The summed E-state index contributed by atoms with van der Waals surface area (Å²) in [6.07, 6.45) is 13.9. The van der Waals surface area contributed by atoms with Crippen LogP contribution in [-0.2, 0) is 0 Å². The van der Waals surface area contributed by atoms with E-state index in [1.54, 1.807) is 0 Å². The van der Waals surface area contributed by atoms with E-state index >= 15 is 0 Å². The summed E-state index contributed by atoms with van der Waals surface area (Å²) in [6, 6.07) is 26.6. The predicted octanol–water partition coefficient (Wildman–Crippen LogP) is 7.84. The number of nitrogens with zero attached hydrogens (tertiary/aromatic N) is 1. The molecule has 0 bridgehead atoms. The molecule has 0 spiro atoms. The Hall–Kier alpha value is -3.91. The van der Waals surface area contributed by atoms with E-state index in [1.807, 2.05) is 12.4 Å². The average molecular weight is 427 g/mol. The highest BCUT2D eigenvalue weighted by Crippen LogP contribution is 2.44. The fourth-order valence-electron chi connectivity index (χ4n) is 5.17. The van der Waals surface area contributed by atoms with Gasteiger partial charge in [0.15, 0.2) is 0 Å². The molecule has 6 rings (SSSR count). The Morgan fingerprint density at radius 2 is 1.61 bits per heavy atom. The standard InChI is InChI=1S/C31H26N2/c1-21-19-32-31(33-20-21)24-16-17-27-28(18-24)30(23-12-6-3-7-13-23)26-15-9-8-14-25(26)29(27)22-10-4-2-5-11-22/h2-10,12-20,22,31-32H,11H2,1H3. The largest absolute Gasteiger partial charge is 0.366 e. The Morgan fingerprint density at radius 3 is 2.36 bits per heavy atom. The lowest BCUT2D eigenvalue weighted by Gasteiger charge is -2.24. The highest BCUT2D eigenvalue weighted by atomic mass is 15.1. The average Bonchev–Trinajstić information content (AvgIpc) is 2.88. The van der Waals surface area contributed by atoms with Gasteiger partial charge in [-0.05, 0) is 68.8 Å². The maximum Gasteiger partial charge on any atom is 0.144 e. The molecule has 0 saturated carbocycles. The van der Waals surface area contributed by atoms with Crippen molar-refractivity contribution in [2.24, 2.45) is 4.99 Å². The summed E-state index contributed by atoms with van der Waals surface area (Å²) in [6.45, 7) is 2.06. The van der Waals surface area contributed by atoms with Crippen LogP contribution in [-0.4, -0.2) is 6.21 Å². The quantitative estimate of drug-likeness (QED) is 0.332. The zero-order valence-electron chi connectivity index (χ0n) is 18.7. The fraction of sp³-hybridized carbons (Fsp3) is 0.129. The molecule has 0 radical (unpaired) electrons. The maximum atomic E-state index is 4.74. The number of hydrogen-bond acceptors (Lipinski definition) is 2. The van der Waals surface area contributed by atoms with Gasteiger partial charge in [-0.2, -0.15) is 0 Å².